The fraction of sp³-hybridized carbons (Fsp3) is 0.250. The van der Waals surface area contributed by atoms with E-state index in [0.717, 1.165) is 6.07 Å². The van der Waals surface area contributed by atoms with E-state index in [1.54, 1.807) is 22.6 Å². The number of nitrogens with zero attached hydrogens (tertiary/aromatic N) is 1. The Morgan fingerprint density at radius 3 is 2.67 bits per heavy atom. The first-order valence-electron chi connectivity index (χ1n) is 3.69. The van der Waals surface area contributed by atoms with Crippen molar-refractivity contribution in [1.29, 1.82) is 0 Å². The molecule has 0 saturated heterocycles. The minimum absolute atomic E-state index is 0.00551. The molecular weight excluding hydrogens is 342 g/mol. The summed E-state index contributed by atoms with van der Waals surface area (Å²) in [5.74, 6) is -0.0894. The summed E-state index contributed by atoms with van der Waals surface area (Å²) in [5.41, 5.74) is -0.443. The van der Waals surface area contributed by atoms with Gasteiger partial charge in [0.15, 0.2) is 0 Å². The Balaban J connectivity index is 3.37. The molecule has 3 nitrogen and oxygen atoms in total. The molecule has 1 aromatic rings. The third-order valence-electron chi connectivity index (χ3n) is 1.61. The number of hydrogen-bond donors (Lipinski definition) is 0. The number of carbonyl (C=O) groups excluding carboxylic acids is 1. The highest BCUT2D eigenvalue weighted by Crippen LogP contribution is 2.32. The summed E-state index contributed by atoms with van der Waals surface area (Å²) in [6.45, 7) is 0. The van der Waals surface area contributed by atoms with Crippen molar-refractivity contribution in [2.75, 3.05) is 7.11 Å². The van der Waals surface area contributed by atoms with Crippen LogP contribution in [-0.4, -0.2) is 17.3 Å². The summed E-state index contributed by atoms with van der Waals surface area (Å²) in [5, 5.41) is -0.813. The van der Waals surface area contributed by atoms with Crippen LogP contribution in [0.3, 0.4) is 0 Å². The van der Waals surface area contributed by atoms with Crippen molar-refractivity contribution in [3.63, 3.8) is 0 Å². The molecule has 0 aromatic carbocycles. The number of methoxy groups -OCH3 is 1. The molecule has 0 unspecified atom stereocenters. The van der Waals surface area contributed by atoms with E-state index in [2.05, 4.69) is 4.98 Å². The predicted molar refractivity (Wildman–Crippen MR) is 58.6 cm³/mol. The summed E-state index contributed by atoms with van der Waals surface area (Å²) < 4.78 is 29.9. The standard InChI is InChI=1S/C8H5ClF2INO2/c1-15-4-2-3(6(9)14)13-8(12)5(4)7(10)11/h2,7H,1H3. The molecule has 0 fully saturated rings. The zero-order chi connectivity index (χ0) is 11.6. The maximum atomic E-state index is 12.6. The van der Waals surface area contributed by atoms with Crippen LogP contribution in [-0.2, 0) is 0 Å². The highest BCUT2D eigenvalue weighted by atomic mass is 127. The number of rotatable bonds is 3. The van der Waals surface area contributed by atoms with E-state index >= 15 is 0 Å². The quantitative estimate of drug-likeness (QED) is 0.479. The van der Waals surface area contributed by atoms with Crippen LogP contribution < -0.4 is 4.74 Å². The van der Waals surface area contributed by atoms with Gasteiger partial charge in [0.25, 0.3) is 11.7 Å². The lowest BCUT2D eigenvalue weighted by Gasteiger charge is -2.09. The van der Waals surface area contributed by atoms with Crippen molar-refractivity contribution < 1.29 is 18.3 Å². The topological polar surface area (TPSA) is 39.2 Å². The molecule has 0 radical (unpaired) electrons. The van der Waals surface area contributed by atoms with Gasteiger partial charge in [0.1, 0.15) is 15.1 Å². The minimum Gasteiger partial charge on any atom is -0.496 e. The van der Waals surface area contributed by atoms with Gasteiger partial charge in [0.2, 0.25) is 0 Å². The van der Waals surface area contributed by atoms with Crippen molar-refractivity contribution in [3.8, 4) is 5.75 Å². The number of pyridine rings is 1. The number of ether oxygens (including phenoxy) is 1. The van der Waals surface area contributed by atoms with E-state index in [-0.39, 0.29) is 20.7 Å². The zero-order valence-corrected chi connectivity index (χ0v) is 10.3. The number of hydrogen-bond acceptors (Lipinski definition) is 3. The van der Waals surface area contributed by atoms with Crippen molar-refractivity contribution in [2.24, 2.45) is 0 Å². The summed E-state index contributed by atoms with van der Waals surface area (Å²) in [6.07, 6.45) is -2.71. The number of aromatic nitrogens is 1. The molecule has 0 aliphatic rings. The SMILES string of the molecule is COc1cc(C(=O)Cl)nc(I)c1C(F)F. The molecule has 0 bridgehead atoms. The van der Waals surface area contributed by atoms with Gasteiger partial charge >= 0.3 is 0 Å². The number of carbonyl (C=O) groups is 1. The molecule has 1 rings (SSSR count). The van der Waals surface area contributed by atoms with E-state index in [1.807, 2.05) is 0 Å². The molecule has 0 N–H and O–H groups in total. The van der Waals surface area contributed by atoms with Gasteiger partial charge in [-0.1, -0.05) is 0 Å². The number of halogens is 4. The first-order valence-corrected chi connectivity index (χ1v) is 5.15. The lowest BCUT2D eigenvalue weighted by molar-refractivity contribution is 0.107. The summed E-state index contributed by atoms with van der Waals surface area (Å²) in [6, 6.07) is 1.10. The molecule has 82 valence electrons. The zero-order valence-electron chi connectivity index (χ0n) is 7.43. The molecule has 0 spiro atoms. The normalized spacial score (nSPS) is 10.5. The first-order chi connectivity index (χ1) is 6.97. The van der Waals surface area contributed by atoms with Crippen LogP contribution in [0.2, 0.25) is 0 Å². The fourth-order valence-corrected chi connectivity index (χ4v) is 1.83. The predicted octanol–water partition coefficient (Wildman–Crippen LogP) is 3.01. The van der Waals surface area contributed by atoms with Gasteiger partial charge in [-0.05, 0) is 34.2 Å². The number of alkyl halides is 2. The molecule has 1 aromatic heterocycles. The van der Waals surface area contributed by atoms with Crippen LogP contribution in [0, 0.1) is 3.70 Å². The lowest BCUT2D eigenvalue weighted by Crippen LogP contribution is -2.04. The Bertz CT molecular complexity index is 400. The van der Waals surface area contributed by atoms with E-state index in [9.17, 15) is 13.6 Å². The van der Waals surface area contributed by atoms with Crippen molar-refractivity contribution in [2.45, 2.75) is 6.43 Å². The van der Waals surface area contributed by atoms with Crippen LogP contribution >= 0.6 is 34.2 Å². The minimum atomic E-state index is -2.71. The third-order valence-corrected chi connectivity index (χ3v) is 2.63. The van der Waals surface area contributed by atoms with Gasteiger partial charge in [-0.3, -0.25) is 4.79 Å². The van der Waals surface area contributed by atoms with E-state index in [1.165, 1.54) is 7.11 Å². The molecule has 0 amide bonds. The molecule has 0 atom stereocenters. The smallest absolute Gasteiger partial charge is 0.271 e. The second kappa shape index (κ2) is 5.02. The van der Waals surface area contributed by atoms with E-state index < -0.39 is 11.7 Å². The van der Waals surface area contributed by atoms with Crippen molar-refractivity contribution in [3.05, 3.63) is 21.0 Å². The van der Waals surface area contributed by atoms with Crippen molar-refractivity contribution >= 4 is 39.4 Å². The molecule has 0 saturated carbocycles. The average Bonchev–Trinajstić information content (AvgIpc) is 2.15. The Kier molecular flexibility index (Phi) is 4.21. The largest absolute Gasteiger partial charge is 0.496 e. The molecule has 7 heteroatoms. The second-order valence-electron chi connectivity index (χ2n) is 2.49. The highest BCUT2D eigenvalue weighted by molar-refractivity contribution is 14.1. The third kappa shape index (κ3) is 2.75. The van der Waals surface area contributed by atoms with Gasteiger partial charge in [0, 0.05) is 6.07 Å². The Morgan fingerprint density at radius 2 is 2.27 bits per heavy atom. The Hall–Kier alpha value is -0.500. The van der Waals surface area contributed by atoms with Crippen LogP contribution in [0.15, 0.2) is 6.07 Å². The van der Waals surface area contributed by atoms with E-state index in [0.29, 0.717) is 0 Å². The lowest BCUT2D eigenvalue weighted by atomic mass is 10.2. The molecule has 0 aliphatic heterocycles. The molecule has 15 heavy (non-hydrogen) atoms. The second-order valence-corrected chi connectivity index (χ2v) is 3.85. The molecule has 1 heterocycles. The van der Waals surface area contributed by atoms with Gasteiger partial charge in [0.05, 0.1) is 12.7 Å². The van der Waals surface area contributed by atoms with Crippen LogP contribution in [0.25, 0.3) is 0 Å². The molecular formula is C8H5ClF2INO2. The summed E-state index contributed by atoms with van der Waals surface area (Å²) in [4.78, 5) is 14.5. The maximum Gasteiger partial charge on any atom is 0.271 e. The summed E-state index contributed by atoms with van der Waals surface area (Å²) >= 11 is 6.79. The maximum absolute atomic E-state index is 12.6. The van der Waals surface area contributed by atoms with Crippen LogP contribution in [0.4, 0.5) is 8.78 Å². The highest BCUT2D eigenvalue weighted by Gasteiger charge is 2.21. The van der Waals surface area contributed by atoms with E-state index in [4.69, 9.17) is 16.3 Å². The Morgan fingerprint density at radius 1 is 1.67 bits per heavy atom. The monoisotopic (exact) mass is 347 g/mol. The Labute approximate surface area is 103 Å². The van der Waals surface area contributed by atoms with Gasteiger partial charge in [-0.25, -0.2) is 13.8 Å². The average molecular weight is 347 g/mol. The van der Waals surface area contributed by atoms with Gasteiger partial charge < -0.3 is 4.74 Å². The van der Waals surface area contributed by atoms with Crippen LogP contribution in [0.5, 0.6) is 5.75 Å². The first kappa shape index (κ1) is 12.6. The van der Waals surface area contributed by atoms with Crippen LogP contribution in [0.1, 0.15) is 22.5 Å². The van der Waals surface area contributed by atoms with Gasteiger partial charge in [-0.15, -0.1) is 0 Å². The van der Waals surface area contributed by atoms with Gasteiger partial charge in [-0.2, -0.15) is 0 Å². The summed E-state index contributed by atoms with van der Waals surface area (Å²) in [7, 11) is 1.24. The van der Waals surface area contributed by atoms with Crippen molar-refractivity contribution in [1.82, 2.24) is 4.98 Å². The fourth-order valence-electron chi connectivity index (χ4n) is 0.969. The molecule has 0 aliphatic carbocycles.